The first kappa shape index (κ1) is 15.9. The first-order valence-electron chi connectivity index (χ1n) is 7.41. The Morgan fingerprint density at radius 2 is 2.10 bits per heavy atom. The summed E-state index contributed by atoms with van der Waals surface area (Å²) in [4.78, 5) is 0. The zero-order chi connectivity index (χ0) is 15.2. The maximum absolute atomic E-state index is 5.80. The number of rotatable bonds is 7. The second-order valence-electron chi connectivity index (χ2n) is 5.41. The summed E-state index contributed by atoms with van der Waals surface area (Å²) in [6.07, 6.45) is 1.11. The number of hydrogen-bond donors (Lipinski definition) is 1. The summed E-state index contributed by atoms with van der Waals surface area (Å²) in [5.41, 5.74) is 2.60. The van der Waals surface area contributed by atoms with Crippen molar-refractivity contribution in [2.45, 2.75) is 46.6 Å². The fraction of sp³-hybridized carbons (Fsp3) is 0.500. The molecule has 1 heterocycles. The monoisotopic (exact) mass is 305 g/mol. The molecule has 5 heteroatoms. The van der Waals surface area contributed by atoms with E-state index in [1.165, 1.54) is 22.5 Å². The Morgan fingerprint density at radius 3 is 2.76 bits per heavy atom. The van der Waals surface area contributed by atoms with Crippen molar-refractivity contribution in [1.82, 2.24) is 15.5 Å². The van der Waals surface area contributed by atoms with Gasteiger partial charge in [0.15, 0.2) is 0 Å². The van der Waals surface area contributed by atoms with Gasteiger partial charge in [0.05, 0.1) is 0 Å². The zero-order valence-corrected chi connectivity index (χ0v) is 14.0. The van der Waals surface area contributed by atoms with Crippen molar-refractivity contribution >= 4 is 11.3 Å². The molecular weight excluding hydrogens is 282 g/mol. The highest BCUT2D eigenvalue weighted by Gasteiger charge is 2.08. The van der Waals surface area contributed by atoms with Crippen LogP contribution in [0.2, 0.25) is 0 Å². The van der Waals surface area contributed by atoms with Gasteiger partial charge in [0.2, 0.25) is 0 Å². The van der Waals surface area contributed by atoms with E-state index in [4.69, 9.17) is 4.74 Å². The molecule has 0 atom stereocenters. The zero-order valence-electron chi connectivity index (χ0n) is 13.1. The molecule has 0 spiro atoms. The van der Waals surface area contributed by atoms with Crippen LogP contribution in [-0.4, -0.2) is 16.7 Å². The predicted octanol–water partition coefficient (Wildman–Crippen LogP) is 4.26. The number of nitrogens with one attached hydrogen (secondary N) is 1. The molecule has 114 valence electrons. The minimum atomic E-state index is 0.525. The molecule has 0 aliphatic heterocycles. The van der Waals surface area contributed by atoms with Crippen LogP contribution in [0.15, 0.2) is 18.2 Å². The molecule has 0 saturated carbocycles. The molecular formula is C16H23N3OS. The highest BCUT2D eigenvalue weighted by Crippen LogP contribution is 2.28. The van der Waals surface area contributed by atoms with Crippen LogP contribution in [-0.2, 0) is 6.54 Å². The minimum Gasteiger partial charge on any atom is -0.430 e. The van der Waals surface area contributed by atoms with Gasteiger partial charge in [-0.05, 0) is 49.1 Å². The van der Waals surface area contributed by atoms with Gasteiger partial charge in [-0.2, -0.15) is 0 Å². The average Bonchev–Trinajstić information content (AvgIpc) is 2.86. The van der Waals surface area contributed by atoms with E-state index >= 15 is 0 Å². The number of benzene rings is 1. The third-order valence-electron chi connectivity index (χ3n) is 3.22. The molecule has 0 fully saturated rings. The summed E-state index contributed by atoms with van der Waals surface area (Å²) in [6, 6.07) is 6.19. The maximum Gasteiger partial charge on any atom is 0.299 e. The summed E-state index contributed by atoms with van der Waals surface area (Å²) < 4.78 is 5.80. The molecule has 0 bridgehead atoms. The van der Waals surface area contributed by atoms with Crippen LogP contribution in [0.5, 0.6) is 10.9 Å². The molecule has 0 unspecified atom stereocenters. The summed E-state index contributed by atoms with van der Waals surface area (Å²) >= 11 is 1.49. The van der Waals surface area contributed by atoms with Crippen LogP contribution >= 0.6 is 11.3 Å². The lowest BCUT2D eigenvalue weighted by Gasteiger charge is -2.10. The van der Waals surface area contributed by atoms with Crippen molar-refractivity contribution in [2.75, 3.05) is 6.54 Å². The molecule has 0 aliphatic rings. The second-order valence-corrected chi connectivity index (χ2v) is 6.44. The number of aryl methyl sites for hydroxylation is 1. The van der Waals surface area contributed by atoms with Crippen LogP contribution < -0.4 is 10.1 Å². The van der Waals surface area contributed by atoms with Crippen LogP contribution in [0.1, 0.15) is 49.2 Å². The quantitative estimate of drug-likeness (QED) is 0.776. The molecule has 1 N–H and O–H groups in total. The fourth-order valence-corrected chi connectivity index (χ4v) is 2.86. The molecule has 1 aromatic heterocycles. The van der Waals surface area contributed by atoms with Crippen molar-refractivity contribution in [3.63, 3.8) is 0 Å². The Morgan fingerprint density at radius 1 is 1.29 bits per heavy atom. The number of ether oxygens (including phenoxy) is 1. The van der Waals surface area contributed by atoms with Crippen LogP contribution in [0.25, 0.3) is 0 Å². The predicted molar refractivity (Wildman–Crippen MR) is 87.2 cm³/mol. The standard InChI is InChI=1S/C16H23N3OS/c1-5-8-17-10-15-18-19-16(21-15)20-13-6-7-14(11(2)3)12(4)9-13/h6-7,9,11,17H,5,8,10H2,1-4H3. The van der Waals surface area contributed by atoms with E-state index < -0.39 is 0 Å². The van der Waals surface area contributed by atoms with E-state index in [0.717, 1.165) is 30.3 Å². The fourth-order valence-electron chi connectivity index (χ4n) is 2.18. The Bertz CT molecular complexity index is 581. The molecule has 4 nitrogen and oxygen atoms in total. The van der Waals surface area contributed by atoms with Crippen molar-refractivity contribution in [3.05, 3.63) is 34.3 Å². The van der Waals surface area contributed by atoms with Gasteiger partial charge >= 0.3 is 0 Å². The summed E-state index contributed by atoms with van der Waals surface area (Å²) in [5, 5.41) is 13.1. The van der Waals surface area contributed by atoms with Gasteiger partial charge < -0.3 is 10.1 Å². The molecule has 2 rings (SSSR count). The smallest absolute Gasteiger partial charge is 0.299 e. The SMILES string of the molecule is CCCNCc1nnc(Oc2ccc(C(C)C)c(C)c2)s1. The topological polar surface area (TPSA) is 47.0 Å². The largest absolute Gasteiger partial charge is 0.430 e. The van der Waals surface area contributed by atoms with Gasteiger partial charge in [-0.1, -0.05) is 43.3 Å². The van der Waals surface area contributed by atoms with Gasteiger partial charge in [0.25, 0.3) is 5.19 Å². The Balaban J connectivity index is 2.00. The van der Waals surface area contributed by atoms with E-state index in [2.05, 4.69) is 55.3 Å². The number of hydrogen-bond acceptors (Lipinski definition) is 5. The van der Waals surface area contributed by atoms with Gasteiger partial charge in [0.1, 0.15) is 10.8 Å². The van der Waals surface area contributed by atoms with E-state index in [1.807, 2.05) is 6.07 Å². The van der Waals surface area contributed by atoms with E-state index in [1.54, 1.807) is 0 Å². The van der Waals surface area contributed by atoms with Crippen molar-refractivity contribution < 1.29 is 4.74 Å². The van der Waals surface area contributed by atoms with E-state index in [0.29, 0.717) is 11.1 Å². The van der Waals surface area contributed by atoms with Crippen molar-refractivity contribution in [3.8, 4) is 10.9 Å². The first-order valence-corrected chi connectivity index (χ1v) is 8.23. The Hall–Kier alpha value is -1.46. The van der Waals surface area contributed by atoms with Crippen molar-refractivity contribution in [2.24, 2.45) is 0 Å². The summed E-state index contributed by atoms with van der Waals surface area (Å²) in [5.74, 6) is 1.35. The van der Waals surface area contributed by atoms with Gasteiger partial charge in [-0.25, -0.2) is 0 Å². The second kappa shape index (κ2) is 7.52. The molecule has 21 heavy (non-hydrogen) atoms. The van der Waals surface area contributed by atoms with Crippen LogP contribution in [0.4, 0.5) is 0 Å². The highest BCUT2D eigenvalue weighted by atomic mass is 32.1. The third kappa shape index (κ3) is 4.51. The van der Waals surface area contributed by atoms with E-state index in [-0.39, 0.29) is 0 Å². The van der Waals surface area contributed by atoms with Gasteiger partial charge in [-0.15, -0.1) is 5.10 Å². The normalized spacial score (nSPS) is 11.1. The molecule has 0 amide bonds. The average molecular weight is 305 g/mol. The Kier molecular flexibility index (Phi) is 5.70. The molecule has 0 saturated heterocycles. The third-order valence-corrected chi connectivity index (χ3v) is 4.02. The molecule has 1 aromatic carbocycles. The van der Waals surface area contributed by atoms with Gasteiger partial charge in [0, 0.05) is 6.54 Å². The summed E-state index contributed by atoms with van der Waals surface area (Å²) in [6.45, 7) is 10.4. The number of aromatic nitrogens is 2. The van der Waals surface area contributed by atoms with E-state index in [9.17, 15) is 0 Å². The van der Waals surface area contributed by atoms with Crippen LogP contribution in [0.3, 0.4) is 0 Å². The van der Waals surface area contributed by atoms with Crippen LogP contribution in [0, 0.1) is 6.92 Å². The molecule has 0 aliphatic carbocycles. The van der Waals surface area contributed by atoms with Gasteiger partial charge in [-0.3, -0.25) is 0 Å². The van der Waals surface area contributed by atoms with Crippen molar-refractivity contribution in [1.29, 1.82) is 0 Å². The highest BCUT2D eigenvalue weighted by molar-refractivity contribution is 7.13. The lowest BCUT2D eigenvalue weighted by atomic mass is 9.98. The minimum absolute atomic E-state index is 0.525. The maximum atomic E-state index is 5.80. The molecule has 0 radical (unpaired) electrons. The summed E-state index contributed by atoms with van der Waals surface area (Å²) in [7, 11) is 0. The lowest BCUT2D eigenvalue weighted by Crippen LogP contribution is -2.13. The lowest BCUT2D eigenvalue weighted by molar-refractivity contribution is 0.472. The first-order chi connectivity index (χ1) is 10.1. The molecule has 2 aromatic rings. The number of nitrogens with zero attached hydrogens (tertiary/aromatic N) is 2. The Labute approximate surface area is 130 Å².